The van der Waals surface area contributed by atoms with Crippen LogP contribution >= 0.6 is 0 Å². The van der Waals surface area contributed by atoms with Crippen molar-refractivity contribution in [3.8, 4) is 23.3 Å². The smallest absolute Gasteiger partial charge is 0.246 e. The molecular weight excluding hydrogens is 410 g/mol. The number of primary amides is 1. The predicted molar refractivity (Wildman–Crippen MR) is 108 cm³/mol. The van der Waals surface area contributed by atoms with Crippen LogP contribution in [-0.2, 0) is 14.8 Å². The van der Waals surface area contributed by atoms with Crippen LogP contribution in [0.25, 0.3) is 11.5 Å². The van der Waals surface area contributed by atoms with Crippen molar-refractivity contribution in [1.29, 1.82) is 5.26 Å². The lowest BCUT2D eigenvalue weighted by Crippen LogP contribution is -2.38. The molecule has 10 nitrogen and oxygen atoms in total. The van der Waals surface area contributed by atoms with Gasteiger partial charge < -0.3 is 19.8 Å². The number of anilines is 1. The number of nitrogens with two attached hydrogens (primary N) is 1. The lowest BCUT2D eigenvalue weighted by Gasteiger charge is -2.30. The first-order valence-electron chi connectivity index (χ1n) is 9.25. The number of nitriles is 1. The molecule has 2 N–H and O–H groups in total. The SMILES string of the molecule is COc1ccc(-c2nc(C#N)c(N3CCC(C(N)=O)CC3)o2)cc1S(=O)(=O)N(C)C. The Morgan fingerprint density at radius 3 is 2.57 bits per heavy atom. The molecule has 3 rings (SSSR count). The zero-order valence-electron chi connectivity index (χ0n) is 17.0. The average molecular weight is 433 g/mol. The highest BCUT2D eigenvalue weighted by Crippen LogP contribution is 2.34. The summed E-state index contributed by atoms with van der Waals surface area (Å²) in [6.07, 6.45) is 1.12. The fourth-order valence-corrected chi connectivity index (χ4v) is 4.37. The van der Waals surface area contributed by atoms with Gasteiger partial charge >= 0.3 is 0 Å². The van der Waals surface area contributed by atoms with Crippen molar-refractivity contribution < 1.29 is 22.4 Å². The summed E-state index contributed by atoms with van der Waals surface area (Å²) in [5.41, 5.74) is 5.86. The van der Waals surface area contributed by atoms with Crippen molar-refractivity contribution in [3.63, 3.8) is 0 Å². The molecule has 1 aromatic carbocycles. The summed E-state index contributed by atoms with van der Waals surface area (Å²) in [4.78, 5) is 17.4. The first kappa shape index (κ1) is 21.6. The second-order valence-corrected chi connectivity index (χ2v) is 9.22. The number of amides is 1. The molecule has 1 aromatic heterocycles. The number of carbonyl (C=O) groups is 1. The Morgan fingerprint density at radius 1 is 1.37 bits per heavy atom. The summed E-state index contributed by atoms with van der Waals surface area (Å²) in [5.74, 6) is 0.0730. The second-order valence-electron chi connectivity index (χ2n) is 7.10. The summed E-state index contributed by atoms with van der Waals surface area (Å²) in [7, 11) is 0.461. The van der Waals surface area contributed by atoms with E-state index in [1.165, 1.54) is 33.3 Å². The van der Waals surface area contributed by atoms with E-state index in [2.05, 4.69) is 4.98 Å². The molecule has 0 saturated carbocycles. The fourth-order valence-electron chi connectivity index (χ4n) is 3.30. The lowest BCUT2D eigenvalue weighted by atomic mass is 9.96. The third kappa shape index (κ3) is 3.96. The highest BCUT2D eigenvalue weighted by molar-refractivity contribution is 7.89. The molecule has 2 heterocycles. The maximum absolute atomic E-state index is 12.7. The van der Waals surface area contributed by atoms with E-state index in [1.54, 1.807) is 6.07 Å². The monoisotopic (exact) mass is 433 g/mol. The molecule has 1 amide bonds. The molecule has 0 spiro atoms. The van der Waals surface area contributed by atoms with Crippen LogP contribution in [0.5, 0.6) is 5.75 Å². The van der Waals surface area contributed by atoms with Crippen LogP contribution in [0.3, 0.4) is 0 Å². The minimum absolute atomic E-state index is 0.0342. The second kappa shape index (κ2) is 8.33. The summed E-state index contributed by atoms with van der Waals surface area (Å²) in [5, 5.41) is 9.49. The van der Waals surface area contributed by atoms with Crippen LogP contribution < -0.4 is 15.4 Å². The summed E-state index contributed by atoms with van der Waals surface area (Å²) in [6, 6.07) is 6.55. The van der Waals surface area contributed by atoms with Gasteiger partial charge in [-0.2, -0.15) is 10.2 Å². The Kier molecular flexibility index (Phi) is 6.00. The number of benzene rings is 1. The van der Waals surface area contributed by atoms with Crippen LogP contribution in [0.15, 0.2) is 27.5 Å². The largest absolute Gasteiger partial charge is 0.495 e. The first-order chi connectivity index (χ1) is 14.2. The van der Waals surface area contributed by atoms with Gasteiger partial charge in [0.05, 0.1) is 7.11 Å². The number of sulfonamides is 1. The average Bonchev–Trinajstić information content (AvgIpc) is 3.17. The molecular formula is C19H23N5O5S. The number of rotatable bonds is 6. The Morgan fingerprint density at radius 2 is 2.03 bits per heavy atom. The topological polar surface area (TPSA) is 143 Å². The Labute approximate surface area is 174 Å². The molecule has 0 aliphatic carbocycles. The zero-order valence-corrected chi connectivity index (χ0v) is 17.8. The third-order valence-corrected chi connectivity index (χ3v) is 6.91. The lowest BCUT2D eigenvalue weighted by molar-refractivity contribution is -0.122. The van der Waals surface area contributed by atoms with Crippen LogP contribution in [0.4, 0.5) is 5.88 Å². The number of hydrogen-bond donors (Lipinski definition) is 1. The van der Waals surface area contributed by atoms with Gasteiger partial charge in [0.15, 0.2) is 0 Å². The highest BCUT2D eigenvalue weighted by atomic mass is 32.2. The van der Waals surface area contributed by atoms with E-state index in [9.17, 15) is 18.5 Å². The first-order valence-corrected chi connectivity index (χ1v) is 10.7. The molecule has 2 aromatic rings. The van der Waals surface area contributed by atoms with E-state index in [4.69, 9.17) is 14.9 Å². The third-order valence-electron chi connectivity index (χ3n) is 5.07. The summed E-state index contributed by atoms with van der Waals surface area (Å²) >= 11 is 0. The maximum Gasteiger partial charge on any atom is 0.246 e. The van der Waals surface area contributed by atoms with Crippen molar-refractivity contribution >= 4 is 21.8 Å². The predicted octanol–water partition coefficient (Wildman–Crippen LogP) is 1.17. The van der Waals surface area contributed by atoms with Crippen molar-refractivity contribution in [2.45, 2.75) is 17.7 Å². The quantitative estimate of drug-likeness (QED) is 0.715. The van der Waals surface area contributed by atoms with Gasteiger partial charge in [0.25, 0.3) is 0 Å². The van der Waals surface area contributed by atoms with Crippen molar-refractivity contribution in [2.75, 3.05) is 39.2 Å². The highest BCUT2D eigenvalue weighted by Gasteiger charge is 2.29. The Bertz CT molecular complexity index is 1100. The summed E-state index contributed by atoms with van der Waals surface area (Å²) in [6.45, 7) is 1.000. The van der Waals surface area contributed by atoms with Crippen LogP contribution in [0.2, 0.25) is 0 Å². The Hall–Kier alpha value is -3.10. The standard InChI is InChI=1S/C19H23N5O5S/c1-23(2)30(26,27)16-10-13(4-5-15(16)28-3)18-22-14(11-20)19(29-18)24-8-6-12(7-9-24)17(21)25/h4-5,10,12H,6-9H2,1-3H3,(H2,21,25). The minimum Gasteiger partial charge on any atom is -0.495 e. The number of carbonyl (C=O) groups excluding carboxylic acids is 1. The molecule has 1 saturated heterocycles. The van der Waals surface area contributed by atoms with Gasteiger partial charge in [0, 0.05) is 38.7 Å². The van der Waals surface area contributed by atoms with Gasteiger partial charge in [-0.05, 0) is 31.0 Å². The van der Waals surface area contributed by atoms with Crippen LogP contribution in [0.1, 0.15) is 18.5 Å². The number of hydrogen-bond acceptors (Lipinski definition) is 8. The van der Waals surface area contributed by atoms with Gasteiger partial charge in [-0.25, -0.2) is 12.7 Å². The van der Waals surface area contributed by atoms with Gasteiger partial charge in [-0.15, -0.1) is 0 Å². The normalized spacial score (nSPS) is 15.2. The number of methoxy groups -OCH3 is 1. The van der Waals surface area contributed by atoms with E-state index in [0.717, 1.165) is 4.31 Å². The van der Waals surface area contributed by atoms with Crippen molar-refractivity contribution in [3.05, 3.63) is 23.9 Å². The van der Waals surface area contributed by atoms with E-state index in [0.29, 0.717) is 37.4 Å². The molecule has 1 aliphatic rings. The molecule has 11 heteroatoms. The molecule has 0 unspecified atom stereocenters. The van der Waals surface area contributed by atoms with Crippen LogP contribution in [-0.4, -0.2) is 57.9 Å². The van der Waals surface area contributed by atoms with Crippen molar-refractivity contribution in [2.24, 2.45) is 11.7 Å². The van der Waals surface area contributed by atoms with E-state index >= 15 is 0 Å². The van der Waals surface area contributed by atoms with E-state index < -0.39 is 10.0 Å². The maximum atomic E-state index is 12.7. The molecule has 0 radical (unpaired) electrons. The van der Waals surface area contributed by atoms with Crippen molar-refractivity contribution in [1.82, 2.24) is 9.29 Å². The van der Waals surface area contributed by atoms with Crippen LogP contribution in [0, 0.1) is 17.2 Å². The number of ether oxygens (including phenoxy) is 1. The molecule has 1 fully saturated rings. The molecule has 0 bridgehead atoms. The van der Waals surface area contributed by atoms with Gasteiger partial charge in [0.1, 0.15) is 16.7 Å². The summed E-state index contributed by atoms with van der Waals surface area (Å²) < 4.78 is 37.4. The van der Waals surface area contributed by atoms with Gasteiger partial charge in [-0.1, -0.05) is 0 Å². The fraction of sp³-hybridized carbons (Fsp3) is 0.421. The molecule has 30 heavy (non-hydrogen) atoms. The van der Waals surface area contributed by atoms with E-state index in [1.807, 2.05) is 11.0 Å². The van der Waals surface area contributed by atoms with Gasteiger partial charge in [0.2, 0.25) is 33.4 Å². The van der Waals surface area contributed by atoms with E-state index in [-0.39, 0.29) is 34.1 Å². The number of piperidine rings is 1. The minimum atomic E-state index is -3.77. The molecule has 0 atom stereocenters. The number of nitrogens with zero attached hydrogens (tertiary/aromatic N) is 4. The zero-order chi connectivity index (χ0) is 22.1. The molecule has 1 aliphatic heterocycles. The number of aromatic nitrogens is 1. The van der Waals surface area contributed by atoms with Gasteiger partial charge in [-0.3, -0.25) is 4.79 Å². The Balaban J connectivity index is 1.98. The molecule has 160 valence electrons. The number of oxazole rings is 1.